The van der Waals surface area contributed by atoms with Crippen LogP contribution in [0.1, 0.15) is 18.9 Å². The second-order valence-electron chi connectivity index (χ2n) is 6.11. The Kier molecular flexibility index (Phi) is 3.94. The average molecular weight is 356 g/mol. The highest BCUT2D eigenvalue weighted by atomic mass is 16.2. The van der Waals surface area contributed by atoms with Gasteiger partial charge in [-0.25, -0.2) is 14.5 Å². The van der Waals surface area contributed by atoms with Gasteiger partial charge in [-0.05, 0) is 5.56 Å². The smallest absolute Gasteiger partial charge is 0.275 e. The Morgan fingerprint density at radius 3 is 2.04 bits per heavy atom. The Bertz CT molecular complexity index is 852. The molecule has 0 bridgehead atoms. The minimum Gasteiger partial charge on any atom is -0.275 e. The van der Waals surface area contributed by atoms with Gasteiger partial charge in [0.1, 0.15) is 0 Å². The van der Waals surface area contributed by atoms with Gasteiger partial charge in [0, 0.05) is 27.4 Å². The fourth-order valence-electron chi connectivity index (χ4n) is 3.28. The maximum absolute atomic E-state index is 13.0. The molecule has 0 aliphatic carbocycles. The van der Waals surface area contributed by atoms with Crippen molar-refractivity contribution in [2.45, 2.75) is 18.9 Å². The van der Waals surface area contributed by atoms with E-state index >= 15 is 0 Å². The summed E-state index contributed by atoms with van der Waals surface area (Å²) in [7, 11) is 2.40. The van der Waals surface area contributed by atoms with E-state index in [-0.39, 0.29) is 12.1 Å². The minimum absolute atomic E-state index is 0.200. The number of urea groups is 2. The predicted octanol–water partition coefficient (Wildman–Crippen LogP) is 0.637. The highest BCUT2D eigenvalue weighted by molar-refractivity contribution is 6.29. The van der Waals surface area contributed by atoms with Crippen LogP contribution in [0.2, 0.25) is 0 Å². The van der Waals surface area contributed by atoms with E-state index in [0.717, 1.165) is 16.7 Å². The van der Waals surface area contributed by atoms with Gasteiger partial charge in [-0.3, -0.25) is 24.2 Å². The third kappa shape index (κ3) is 2.24. The molecule has 0 N–H and O–H groups in total. The first-order chi connectivity index (χ1) is 12.2. The first kappa shape index (κ1) is 17.5. The van der Waals surface area contributed by atoms with Crippen LogP contribution in [0.4, 0.5) is 9.59 Å². The van der Waals surface area contributed by atoms with E-state index in [4.69, 9.17) is 0 Å². The molecule has 0 unspecified atom stereocenters. The SMILES string of the molecule is CC(=O)N1C(=O)N=C(c2ccccc2)CC12C(=O)N(C)C(=O)N(C)C2=O. The topological polar surface area (TPSA) is 107 Å². The molecule has 1 aromatic rings. The van der Waals surface area contributed by atoms with Crippen LogP contribution in [-0.4, -0.2) is 69.8 Å². The molecule has 7 amide bonds. The lowest BCUT2D eigenvalue weighted by Gasteiger charge is -2.47. The number of imide groups is 3. The van der Waals surface area contributed by atoms with E-state index in [1.807, 2.05) is 0 Å². The fraction of sp³-hybridized carbons (Fsp3) is 0.294. The number of hydrogen-bond donors (Lipinski definition) is 0. The molecule has 2 aliphatic heterocycles. The van der Waals surface area contributed by atoms with E-state index in [1.165, 1.54) is 14.1 Å². The number of rotatable bonds is 1. The number of barbiturate groups is 1. The Hall–Kier alpha value is -3.36. The van der Waals surface area contributed by atoms with E-state index in [2.05, 4.69) is 4.99 Å². The maximum Gasteiger partial charge on any atom is 0.351 e. The van der Waals surface area contributed by atoms with Crippen molar-refractivity contribution in [2.75, 3.05) is 14.1 Å². The van der Waals surface area contributed by atoms with Crippen molar-refractivity contribution in [2.24, 2.45) is 4.99 Å². The van der Waals surface area contributed by atoms with Gasteiger partial charge in [0.25, 0.3) is 11.8 Å². The van der Waals surface area contributed by atoms with Crippen molar-refractivity contribution < 1.29 is 24.0 Å². The zero-order chi connectivity index (χ0) is 19.2. The molecule has 9 nitrogen and oxygen atoms in total. The Labute approximate surface area is 148 Å². The van der Waals surface area contributed by atoms with Gasteiger partial charge in [-0.2, -0.15) is 4.99 Å². The highest BCUT2D eigenvalue weighted by Gasteiger charge is 2.63. The first-order valence-electron chi connectivity index (χ1n) is 7.80. The van der Waals surface area contributed by atoms with Crippen molar-refractivity contribution in [3.8, 4) is 0 Å². The second-order valence-corrected chi connectivity index (χ2v) is 6.11. The Morgan fingerprint density at radius 2 is 1.54 bits per heavy atom. The summed E-state index contributed by atoms with van der Waals surface area (Å²) >= 11 is 0. The lowest BCUT2D eigenvalue weighted by atomic mass is 9.82. The summed E-state index contributed by atoms with van der Waals surface area (Å²) < 4.78 is 0. The van der Waals surface area contributed by atoms with Crippen molar-refractivity contribution in [3.05, 3.63) is 35.9 Å². The lowest BCUT2D eigenvalue weighted by Crippen LogP contribution is -2.76. The van der Waals surface area contributed by atoms with Crippen LogP contribution in [0.25, 0.3) is 0 Å². The summed E-state index contributed by atoms with van der Waals surface area (Å²) in [6.45, 7) is 1.07. The van der Waals surface area contributed by atoms with Crippen molar-refractivity contribution in [1.29, 1.82) is 0 Å². The van der Waals surface area contributed by atoms with Crippen molar-refractivity contribution in [3.63, 3.8) is 0 Å². The molecule has 26 heavy (non-hydrogen) atoms. The molecule has 1 spiro atoms. The van der Waals surface area contributed by atoms with Crippen LogP contribution in [-0.2, 0) is 14.4 Å². The molecule has 2 heterocycles. The van der Waals surface area contributed by atoms with E-state index in [0.29, 0.717) is 10.5 Å². The van der Waals surface area contributed by atoms with Crippen LogP contribution in [0.15, 0.2) is 35.3 Å². The molecule has 0 atom stereocenters. The van der Waals surface area contributed by atoms with Crippen molar-refractivity contribution >= 4 is 35.5 Å². The number of amides is 7. The van der Waals surface area contributed by atoms with Gasteiger partial charge < -0.3 is 0 Å². The number of nitrogens with zero attached hydrogens (tertiary/aromatic N) is 4. The minimum atomic E-state index is -2.16. The van der Waals surface area contributed by atoms with Crippen LogP contribution in [0.5, 0.6) is 0 Å². The van der Waals surface area contributed by atoms with Crippen molar-refractivity contribution in [1.82, 2.24) is 14.7 Å². The van der Waals surface area contributed by atoms with E-state index < -0.39 is 35.3 Å². The van der Waals surface area contributed by atoms with Gasteiger partial charge >= 0.3 is 12.1 Å². The molecular weight excluding hydrogens is 340 g/mol. The summed E-state index contributed by atoms with van der Waals surface area (Å²) in [5, 5.41) is 0. The Morgan fingerprint density at radius 1 is 1.00 bits per heavy atom. The second kappa shape index (κ2) is 5.87. The highest BCUT2D eigenvalue weighted by Crippen LogP contribution is 2.35. The molecule has 1 fully saturated rings. The molecule has 9 heteroatoms. The van der Waals surface area contributed by atoms with Gasteiger partial charge in [-0.1, -0.05) is 30.3 Å². The fourth-order valence-corrected chi connectivity index (χ4v) is 3.28. The zero-order valence-electron chi connectivity index (χ0n) is 14.4. The normalized spacial score (nSPS) is 20.0. The van der Waals surface area contributed by atoms with E-state index in [1.54, 1.807) is 30.3 Å². The van der Waals surface area contributed by atoms with Gasteiger partial charge in [0.2, 0.25) is 11.4 Å². The summed E-state index contributed by atoms with van der Waals surface area (Å²) in [5.74, 6) is -2.67. The maximum atomic E-state index is 13.0. The monoisotopic (exact) mass is 356 g/mol. The molecule has 1 saturated heterocycles. The third-order valence-electron chi connectivity index (χ3n) is 4.54. The zero-order valence-corrected chi connectivity index (χ0v) is 14.4. The molecule has 134 valence electrons. The third-order valence-corrected chi connectivity index (χ3v) is 4.54. The standard InChI is InChI=1S/C17H16N4O5/c1-10(22)21-15(25)18-12(11-7-5-4-6-8-11)9-17(21)13(23)19(2)16(26)20(3)14(17)24/h4-8H,9H2,1-3H3. The number of carbonyl (C=O) groups is 5. The number of aliphatic imine (C=N–C) groups is 1. The molecular formula is C17H16N4O5. The average Bonchev–Trinajstić information content (AvgIpc) is 2.63. The molecule has 0 aromatic heterocycles. The van der Waals surface area contributed by atoms with Gasteiger partial charge in [0.15, 0.2) is 0 Å². The van der Waals surface area contributed by atoms with Gasteiger partial charge in [-0.15, -0.1) is 0 Å². The van der Waals surface area contributed by atoms with E-state index in [9.17, 15) is 24.0 Å². The number of carbonyl (C=O) groups excluding carboxylic acids is 5. The summed E-state index contributed by atoms with van der Waals surface area (Å²) in [6.07, 6.45) is -0.304. The van der Waals surface area contributed by atoms with Crippen LogP contribution < -0.4 is 0 Å². The summed E-state index contributed by atoms with van der Waals surface area (Å²) in [6, 6.07) is 6.73. The van der Waals surface area contributed by atoms with Crippen LogP contribution >= 0.6 is 0 Å². The molecule has 1 aromatic carbocycles. The predicted molar refractivity (Wildman–Crippen MR) is 89.2 cm³/mol. The lowest BCUT2D eigenvalue weighted by molar-refractivity contribution is -0.162. The number of hydrogen-bond acceptors (Lipinski definition) is 5. The largest absolute Gasteiger partial charge is 0.351 e. The summed E-state index contributed by atoms with van der Waals surface area (Å²) in [5.41, 5.74) is -1.41. The van der Waals surface area contributed by atoms with Crippen LogP contribution in [0, 0.1) is 0 Å². The first-order valence-corrected chi connectivity index (χ1v) is 7.80. The quantitative estimate of drug-likeness (QED) is 0.686. The Balaban J connectivity index is 2.22. The van der Waals surface area contributed by atoms with Gasteiger partial charge in [0.05, 0.1) is 5.71 Å². The molecule has 0 radical (unpaired) electrons. The molecule has 3 rings (SSSR count). The number of likely N-dealkylation sites (N-methyl/N-ethyl adjacent to an activating group) is 2. The number of benzene rings is 1. The summed E-state index contributed by atoms with van der Waals surface area (Å²) in [4.78, 5) is 68.6. The molecule has 2 aliphatic rings. The molecule has 0 saturated carbocycles. The van der Waals surface area contributed by atoms with Crippen LogP contribution in [0.3, 0.4) is 0 Å².